The maximum absolute atomic E-state index is 13.0. The lowest BCUT2D eigenvalue weighted by molar-refractivity contribution is 0.401. The number of aromatic nitrogens is 3. The fourth-order valence-corrected chi connectivity index (χ4v) is 3.86. The Hall–Kier alpha value is -2.41. The van der Waals surface area contributed by atoms with E-state index in [1.807, 2.05) is 26.8 Å². The maximum Gasteiger partial charge on any atom is 0.288 e. The summed E-state index contributed by atoms with van der Waals surface area (Å²) in [6, 6.07) is 8.65. The lowest BCUT2D eigenvalue weighted by atomic mass is 10.1. The first kappa shape index (κ1) is 15.5. The highest BCUT2D eigenvalue weighted by Gasteiger charge is 2.26. The van der Waals surface area contributed by atoms with E-state index in [4.69, 9.17) is 4.74 Å². The van der Waals surface area contributed by atoms with Gasteiger partial charge in [0.25, 0.3) is 10.0 Å². The van der Waals surface area contributed by atoms with Gasteiger partial charge >= 0.3 is 0 Å². The fraction of sp³-hybridized carbons (Fsp3) is 0.250. The molecular weight excluding hydrogens is 314 g/mol. The van der Waals surface area contributed by atoms with Gasteiger partial charge in [-0.2, -0.15) is 8.42 Å². The van der Waals surface area contributed by atoms with Crippen molar-refractivity contribution in [2.45, 2.75) is 25.7 Å². The van der Waals surface area contributed by atoms with Crippen LogP contribution in [0.25, 0.3) is 11.0 Å². The number of aryl methyl sites for hydroxylation is 3. The second kappa shape index (κ2) is 5.34. The Bertz CT molecular complexity index is 1010. The van der Waals surface area contributed by atoms with Crippen molar-refractivity contribution < 1.29 is 13.2 Å². The molecule has 6 nitrogen and oxygen atoms in total. The Balaban J connectivity index is 2.28. The van der Waals surface area contributed by atoms with Gasteiger partial charge in [0.05, 0.1) is 7.11 Å². The number of rotatable bonds is 3. The minimum atomic E-state index is -3.90. The molecule has 0 fully saturated rings. The van der Waals surface area contributed by atoms with E-state index in [9.17, 15) is 8.42 Å². The number of methoxy groups -OCH3 is 1. The van der Waals surface area contributed by atoms with Crippen LogP contribution in [0.1, 0.15) is 16.7 Å². The third-order valence-electron chi connectivity index (χ3n) is 3.86. The summed E-state index contributed by atoms with van der Waals surface area (Å²) >= 11 is 0. The van der Waals surface area contributed by atoms with Gasteiger partial charge in [-0.15, -0.1) is 9.19 Å². The average molecular weight is 331 g/mol. The van der Waals surface area contributed by atoms with Crippen molar-refractivity contribution >= 4 is 21.1 Å². The van der Waals surface area contributed by atoms with Crippen LogP contribution < -0.4 is 4.74 Å². The predicted molar refractivity (Wildman–Crippen MR) is 87.3 cm³/mol. The summed E-state index contributed by atoms with van der Waals surface area (Å²) in [5.74, 6) is 0.295. The first-order chi connectivity index (χ1) is 10.8. The van der Waals surface area contributed by atoms with Crippen LogP contribution in [0.5, 0.6) is 5.75 Å². The maximum atomic E-state index is 13.0. The molecule has 1 heterocycles. The Morgan fingerprint density at radius 3 is 2.43 bits per heavy atom. The summed E-state index contributed by atoms with van der Waals surface area (Å²) in [6.07, 6.45) is 0. The molecule has 0 spiro atoms. The van der Waals surface area contributed by atoms with Crippen LogP contribution in [0.4, 0.5) is 0 Å². The van der Waals surface area contributed by atoms with Crippen LogP contribution in [-0.2, 0) is 10.0 Å². The molecule has 0 N–H and O–H groups in total. The Kier molecular flexibility index (Phi) is 3.60. The minimum absolute atomic E-state index is 0.0791. The van der Waals surface area contributed by atoms with Gasteiger partial charge in [0, 0.05) is 0 Å². The van der Waals surface area contributed by atoms with Gasteiger partial charge in [0.1, 0.15) is 21.7 Å². The van der Waals surface area contributed by atoms with Crippen LogP contribution >= 0.6 is 0 Å². The molecule has 0 saturated heterocycles. The minimum Gasteiger partial charge on any atom is -0.495 e. The van der Waals surface area contributed by atoms with Crippen LogP contribution in [0, 0.1) is 20.8 Å². The quantitative estimate of drug-likeness (QED) is 0.737. The van der Waals surface area contributed by atoms with Crippen LogP contribution in [0.15, 0.2) is 35.2 Å². The molecule has 0 unspecified atom stereocenters. The molecule has 7 heteroatoms. The Morgan fingerprint density at radius 2 is 1.74 bits per heavy atom. The lowest BCUT2D eigenvalue weighted by Crippen LogP contribution is -2.16. The molecule has 0 aliphatic heterocycles. The first-order valence-corrected chi connectivity index (χ1v) is 8.51. The van der Waals surface area contributed by atoms with Crippen LogP contribution in [0.3, 0.4) is 0 Å². The molecule has 0 saturated carbocycles. The number of fused-ring (bicyclic) bond motifs is 1. The van der Waals surface area contributed by atoms with Gasteiger partial charge in [-0.1, -0.05) is 11.3 Å². The standard InChI is InChI=1S/C16H17N3O3S/c1-10-5-6-14-13(7-10)17-18-19(14)23(20,21)16-9-12(3)11(2)8-15(16)22-4/h5-9H,1-4H3. The molecule has 0 aliphatic carbocycles. The van der Waals surface area contributed by atoms with Gasteiger partial charge in [-0.3, -0.25) is 0 Å². The number of ether oxygens (including phenoxy) is 1. The molecule has 0 aliphatic rings. The van der Waals surface area contributed by atoms with Gasteiger partial charge in [-0.05, 0) is 61.7 Å². The van der Waals surface area contributed by atoms with Gasteiger partial charge in [-0.25, -0.2) is 0 Å². The SMILES string of the molecule is COc1cc(C)c(C)cc1S(=O)(=O)n1nnc2cc(C)ccc21. The third-order valence-corrected chi connectivity index (χ3v) is 5.46. The summed E-state index contributed by atoms with van der Waals surface area (Å²) in [5, 5.41) is 7.79. The highest BCUT2D eigenvalue weighted by Crippen LogP contribution is 2.30. The van der Waals surface area contributed by atoms with E-state index in [2.05, 4.69) is 10.3 Å². The number of nitrogens with zero attached hydrogens (tertiary/aromatic N) is 3. The topological polar surface area (TPSA) is 74.1 Å². The van der Waals surface area contributed by atoms with Crippen molar-refractivity contribution in [3.05, 3.63) is 47.0 Å². The van der Waals surface area contributed by atoms with Crippen molar-refractivity contribution in [2.24, 2.45) is 0 Å². The molecule has 120 valence electrons. The van der Waals surface area contributed by atoms with E-state index in [1.54, 1.807) is 24.3 Å². The highest BCUT2D eigenvalue weighted by molar-refractivity contribution is 7.90. The summed E-state index contributed by atoms with van der Waals surface area (Å²) in [7, 11) is -2.45. The highest BCUT2D eigenvalue weighted by atomic mass is 32.2. The van der Waals surface area contributed by atoms with Crippen molar-refractivity contribution in [1.82, 2.24) is 14.4 Å². The van der Waals surface area contributed by atoms with Gasteiger partial charge in [0.2, 0.25) is 0 Å². The zero-order chi connectivity index (χ0) is 16.8. The summed E-state index contributed by atoms with van der Waals surface area (Å²) in [5.41, 5.74) is 3.79. The lowest BCUT2D eigenvalue weighted by Gasteiger charge is -2.12. The Labute approximate surface area is 134 Å². The van der Waals surface area contributed by atoms with E-state index in [-0.39, 0.29) is 4.90 Å². The van der Waals surface area contributed by atoms with Crippen molar-refractivity contribution in [1.29, 1.82) is 0 Å². The molecule has 3 aromatic rings. The van der Waals surface area contributed by atoms with Crippen LogP contribution in [-0.4, -0.2) is 29.9 Å². The number of benzene rings is 2. The molecule has 23 heavy (non-hydrogen) atoms. The van der Waals surface area contributed by atoms with E-state index in [0.717, 1.165) is 20.8 Å². The molecular formula is C16H17N3O3S. The fourth-order valence-electron chi connectivity index (χ4n) is 2.41. The second-order valence-electron chi connectivity index (χ2n) is 5.52. The molecule has 0 radical (unpaired) electrons. The molecule has 2 aromatic carbocycles. The Morgan fingerprint density at radius 1 is 1.04 bits per heavy atom. The van der Waals surface area contributed by atoms with Crippen molar-refractivity contribution in [2.75, 3.05) is 7.11 Å². The second-order valence-corrected chi connectivity index (χ2v) is 7.25. The van der Waals surface area contributed by atoms with E-state index < -0.39 is 10.0 Å². The van der Waals surface area contributed by atoms with E-state index in [0.29, 0.717) is 16.8 Å². The van der Waals surface area contributed by atoms with Crippen molar-refractivity contribution in [3.63, 3.8) is 0 Å². The summed E-state index contributed by atoms with van der Waals surface area (Å²) < 4.78 is 32.2. The monoisotopic (exact) mass is 331 g/mol. The number of hydrogen-bond acceptors (Lipinski definition) is 5. The molecule has 0 bridgehead atoms. The van der Waals surface area contributed by atoms with E-state index >= 15 is 0 Å². The molecule has 0 amide bonds. The predicted octanol–water partition coefficient (Wildman–Crippen LogP) is 2.60. The van der Waals surface area contributed by atoms with E-state index in [1.165, 1.54) is 7.11 Å². The normalized spacial score (nSPS) is 11.8. The molecule has 1 aromatic heterocycles. The summed E-state index contributed by atoms with van der Waals surface area (Å²) in [6.45, 7) is 5.68. The smallest absolute Gasteiger partial charge is 0.288 e. The first-order valence-electron chi connectivity index (χ1n) is 7.07. The largest absolute Gasteiger partial charge is 0.495 e. The van der Waals surface area contributed by atoms with Crippen LogP contribution in [0.2, 0.25) is 0 Å². The summed E-state index contributed by atoms with van der Waals surface area (Å²) in [4.78, 5) is 0.0791. The zero-order valence-electron chi connectivity index (χ0n) is 13.4. The molecule has 3 rings (SSSR count). The average Bonchev–Trinajstić information content (AvgIpc) is 2.93. The third kappa shape index (κ3) is 2.46. The number of hydrogen-bond donors (Lipinski definition) is 0. The molecule has 0 atom stereocenters. The zero-order valence-corrected chi connectivity index (χ0v) is 14.2. The van der Waals surface area contributed by atoms with Gasteiger partial charge in [0.15, 0.2) is 0 Å². The van der Waals surface area contributed by atoms with Gasteiger partial charge < -0.3 is 4.74 Å². The van der Waals surface area contributed by atoms with Crippen molar-refractivity contribution in [3.8, 4) is 5.75 Å².